The molecule has 0 aliphatic carbocycles. The minimum absolute atomic E-state index is 0.0618. The fourth-order valence-electron chi connectivity index (χ4n) is 1.84. The molecule has 0 heterocycles. The zero-order chi connectivity index (χ0) is 13.8. The molecule has 0 atom stereocenters. The van der Waals surface area contributed by atoms with Crippen molar-refractivity contribution in [1.82, 2.24) is 0 Å². The van der Waals surface area contributed by atoms with Gasteiger partial charge < -0.3 is 10.5 Å². The highest BCUT2D eigenvalue weighted by Crippen LogP contribution is 2.23. The van der Waals surface area contributed by atoms with Crippen molar-refractivity contribution in [3.05, 3.63) is 63.6 Å². The van der Waals surface area contributed by atoms with Crippen LogP contribution in [-0.4, -0.2) is 5.84 Å². The Morgan fingerprint density at radius 3 is 2.68 bits per heavy atom. The average molecular weight is 319 g/mol. The van der Waals surface area contributed by atoms with Gasteiger partial charge in [0.05, 0.1) is 0 Å². The molecule has 4 heteroatoms. The standard InChI is InChI=1S/C15H15BrN2O/c1-10-8-12(16)6-7-14(10)19-9-11-4-2-3-5-13(11)15(17)18/h2-8H,9H2,1H3,(H3,17,18). The van der Waals surface area contributed by atoms with E-state index >= 15 is 0 Å². The smallest absolute Gasteiger partial charge is 0.123 e. The lowest BCUT2D eigenvalue weighted by Crippen LogP contribution is -2.14. The third kappa shape index (κ3) is 3.35. The van der Waals surface area contributed by atoms with Crippen LogP contribution in [0.2, 0.25) is 0 Å². The Morgan fingerprint density at radius 2 is 2.00 bits per heavy atom. The molecule has 3 N–H and O–H groups in total. The zero-order valence-electron chi connectivity index (χ0n) is 10.6. The Hall–Kier alpha value is -1.81. The quantitative estimate of drug-likeness (QED) is 0.668. The molecule has 0 saturated carbocycles. The molecule has 0 aliphatic rings. The van der Waals surface area contributed by atoms with Crippen molar-refractivity contribution in [2.45, 2.75) is 13.5 Å². The number of nitrogens with two attached hydrogens (primary N) is 1. The lowest BCUT2D eigenvalue weighted by molar-refractivity contribution is 0.304. The lowest BCUT2D eigenvalue weighted by atomic mass is 10.1. The van der Waals surface area contributed by atoms with E-state index in [1.165, 1.54) is 0 Å². The van der Waals surface area contributed by atoms with Crippen LogP contribution in [0.15, 0.2) is 46.9 Å². The summed E-state index contributed by atoms with van der Waals surface area (Å²) in [5, 5.41) is 7.55. The van der Waals surface area contributed by atoms with Crippen LogP contribution < -0.4 is 10.5 Å². The number of nitrogen functional groups attached to an aromatic ring is 1. The van der Waals surface area contributed by atoms with Crippen molar-refractivity contribution in [3.8, 4) is 5.75 Å². The molecule has 0 unspecified atom stereocenters. The first-order valence-corrected chi connectivity index (χ1v) is 6.68. The molecule has 2 aromatic carbocycles. The normalized spacial score (nSPS) is 10.2. The summed E-state index contributed by atoms with van der Waals surface area (Å²) in [5.74, 6) is 0.897. The van der Waals surface area contributed by atoms with E-state index in [4.69, 9.17) is 15.9 Å². The predicted octanol–water partition coefficient (Wildman–Crippen LogP) is 3.62. The van der Waals surface area contributed by atoms with E-state index < -0.39 is 0 Å². The molecule has 0 spiro atoms. The second kappa shape index (κ2) is 5.89. The molecular formula is C15H15BrN2O. The van der Waals surface area contributed by atoms with E-state index in [1.807, 2.05) is 49.4 Å². The third-order valence-corrected chi connectivity index (χ3v) is 3.32. The van der Waals surface area contributed by atoms with Crippen LogP contribution in [0, 0.1) is 12.3 Å². The third-order valence-electron chi connectivity index (χ3n) is 2.83. The number of benzene rings is 2. The van der Waals surface area contributed by atoms with Gasteiger partial charge in [-0.25, -0.2) is 0 Å². The highest BCUT2D eigenvalue weighted by molar-refractivity contribution is 9.10. The van der Waals surface area contributed by atoms with Gasteiger partial charge in [0.25, 0.3) is 0 Å². The summed E-state index contributed by atoms with van der Waals surface area (Å²) < 4.78 is 6.82. The molecule has 0 amide bonds. The van der Waals surface area contributed by atoms with Crippen LogP contribution in [0.1, 0.15) is 16.7 Å². The molecule has 0 aromatic heterocycles. The van der Waals surface area contributed by atoms with Gasteiger partial charge in [-0.2, -0.15) is 0 Å². The lowest BCUT2D eigenvalue weighted by Gasteiger charge is -2.12. The number of nitrogens with one attached hydrogen (secondary N) is 1. The van der Waals surface area contributed by atoms with Gasteiger partial charge in [-0.15, -0.1) is 0 Å². The predicted molar refractivity (Wildman–Crippen MR) is 80.7 cm³/mol. The van der Waals surface area contributed by atoms with Crippen molar-refractivity contribution >= 4 is 21.8 Å². The molecule has 0 radical (unpaired) electrons. The number of rotatable bonds is 4. The summed E-state index contributed by atoms with van der Waals surface area (Å²) in [4.78, 5) is 0. The molecular weight excluding hydrogens is 304 g/mol. The summed E-state index contributed by atoms with van der Waals surface area (Å²) in [7, 11) is 0. The van der Waals surface area contributed by atoms with Gasteiger partial charge in [0.1, 0.15) is 18.2 Å². The van der Waals surface area contributed by atoms with Gasteiger partial charge >= 0.3 is 0 Å². The number of hydrogen-bond acceptors (Lipinski definition) is 2. The summed E-state index contributed by atoms with van der Waals surface area (Å²) in [6.45, 7) is 2.40. The Bertz CT molecular complexity index is 611. The molecule has 98 valence electrons. The first kappa shape index (κ1) is 13.6. The monoisotopic (exact) mass is 318 g/mol. The van der Waals surface area contributed by atoms with E-state index in [0.29, 0.717) is 6.61 Å². The van der Waals surface area contributed by atoms with Gasteiger partial charge in [-0.3, -0.25) is 5.41 Å². The van der Waals surface area contributed by atoms with Crippen LogP contribution in [-0.2, 0) is 6.61 Å². The molecule has 0 aliphatic heterocycles. The largest absolute Gasteiger partial charge is 0.489 e. The fourth-order valence-corrected chi connectivity index (χ4v) is 2.31. The van der Waals surface area contributed by atoms with E-state index in [9.17, 15) is 0 Å². The van der Waals surface area contributed by atoms with E-state index in [0.717, 1.165) is 26.9 Å². The van der Waals surface area contributed by atoms with E-state index in [2.05, 4.69) is 15.9 Å². The fraction of sp³-hybridized carbons (Fsp3) is 0.133. The van der Waals surface area contributed by atoms with Gasteiger partial charge in [0.2, 0.25) is 0 Å². The highest BCUT2D eigenvalue weighted by Gasteiger charge is 2.06. The van der Waals surface area contributed by atoms with Gasteiger partial charge in [-0.05, 0) is 30.7 Å². The molecule has 2 aromatic rings. The highest BCUT2D eigenvalue weighted by atomic mass is 79.9. The first-order valence-electron chi connectivity index (χ1n) is 5.89. The zero-order valence-corrected chi connectivity index (χ0v) is 12.2. The molecule has 0 fully saturated rings. The SMILES string of the molecule is Cc1cc(Br)ccc1OCc1ccccc1C(=N)N. The molecule has 19 heavy (non-hydrogen) atoms. The number of amidine groups is 1. The van der Waals surface area contributed by atoms with Gasteiger partial charge in [-0.1, -0.05) is 40.2 Å². The summed E-state index contributed by atoms with van der Waals surface area (Å²) in [6, 6.07) is 13.4. The van der Waals surface area contributed by atoms with Crippen molar-refractivity contribution < 1.29 is 4.74 Å². The van der Waals surface area contributed by atoms with Crippen LogP contribution >= 0.6 is 15.9 Å². The molecule has 3 nitrogen and oxygen atoms in total. The minimum atomic E-state index is 0.0618. The number of aryl methyl sites for hydroxylation is 1. The average Bonchev–Trinajstić information content (AvgIpc) is 2.38. The second-order valence-corrected chi connectivity index (χ2v) is 5.18. The molecule has 0 bridgehead atoms. The van der Waals surface area contributed by atoms with Crippen LogP contribution in [0.25, 0.3) is 0 Å². The van der Waals surface area contributed by atoms with Crippen molar-refractivity contribution in [3.63, 3.8) is 0 Å². The summed E-state index contributed by atoms with van der Waals surface area (Å²) >= 11 is 3.42. The van der Waals surface area contributed by atoms with Crippen molar-refractivity contribution in [1.29, 1.82) is 5.41 Å². The maximum atomic E-state index is 7.55. The Morgan fingerprint density at radius 1 is 1.26 bits per heavy atom. The summed E-state index contributed by atoms with van der Waals surface area (Å²) in [6.07, 6.45) is 0. The van der Waals surface area contributed by atoms with Gasteiger partial charge in [0.15, 0.2) is 0 Å². The second-order valence-electron chi connectivity index (χ2n) is 4.27. The topological polar surface area (TPSA) is 59.1 Å². The molecule has 0 saturated heterocycles. The summed E-state index contributed by atoms with van der Waals surface area (Å²) in [5.41, 5.74) is 8.25. The Kier molecular flexibility index (Phi) is 4.22. The number of halogens is 1. The van der Waals surface area contributed by atoms with Crippen LogP contribution in [0.4, 0.5) is 0 Å². The van der Waals surface area contributed by atoms with Crippen LogP contribution in [0.3, 0.4) is 0 Å². The minimum Gasteiger partial charge on any atom is -0.489 e. The van der Waals surface area contributed by atoms with E-state index in [1.54, 1.807) is 0 Å². The Balaban J connectivity index is 2.17. The number of hydrogen-bond donors (Lipinski definition) is 2. The first-order chi connectivity index (χ1) is 9.08. The number of ether oxygens (including phenoxy) is 1. The molecule has 2 rings (SSSR count). The maximum Gasteiger partial charge on any atom is 0.123 e. The van der Waals surface area contributed by atoms with Crippen molar-refractivity contribution in [2.75, 3.05) is 0 Å². The van der Waals surface area contributed by atoms with Crippen molar-refractivity contribution in [2.24, 2.45) is 5.73 Å². The maximum absolute atomic E-state index is 7.55. The Labute approximate surface area is 121 Å². The van der Waals surface area contributed by atoms with E-state index in [-0.39, 0.29) is 5.84 Å². The van der Waals surface area contributed by atoms with Gasteiger partial charge in [0, 0.05) is 15.6 Å². The van der Waals surface area contributed by atoms with Crippen LogP contribution in [0.5, 0.6) is 5.75 Å².